The summed E-state index contributed by atoms with van der Waals surface area (Å²) < 4.78 is 2.06. The number of aryl methyl sites for hydroxylation is 1. The molecule has 0 aromatic carbocycles. The van der Waals surface area contributed by atoms with E-state index >= 15 is 0 Å². The average Bonchev–Trinajstić information content (AvgIpc) is 3.15. The Morgan fingerprint density at radius 3 is 2.96 bits per heavy atom. The molecule has 2 aromatic rings. The van der Waals surface area contributed by atoms with Crippen LogP contribution < -0.4 is 0 Å². The van der Waals surface area contributed by atoms with Crippen molar-refractivity contribution in [3.05, 3.63) is 29.2 Å². The SMILES string of the molecule is C=CCn1c(SCC#N)nnc1-c1cc2c(s1)CC[C@H](C(C)(C)C)C2. The second kappa shape index (κ2) is 7.35. The zero-order valence-electron chi connectivity index (χ0n) is 15.1. The van der Waals surface area contributed by atoms with Gasteiger partial charge in [-0.3, -0.25) is 4.57 Å². The van der Waals surface area contributed by atoms with E-state index in [9.17, 15) is 0 Å². The summed E-state index contributed by atoms with van der Waals surface area (Å²) in [4.78, 5) is 2.67. The number of allylic oxidation sites excluding steroid dienone is 1. The summed E-state index contributed by atoms with van der Waals surface area (Å²) in [6.45, 7) is 11.5. The van der Waals surface area contributed by atoms with Crippen LogP contribution >= 0.6 is 23.1 Å². The van der Waals surface area contributed by atoms with Gasteiger partial charge in [-0.05, 0) is 42.2 Å². The van der Waals surface area contributed by atoms with Gasteiger partial charge in [0.2, 0.25) is 0 Å². The fraction of sp³-hybridized carbons (Fsp3) is 0.526. The Morgan fingerprint density at radius 2 is 2.28 bits per heavy atom. The van der Waals surface area contributed by atoms with Crippen LogP contribution in [0, 0.1) is 22.7 Å². The predicted octanol–water partition coefficient (Wildman–Crippen LogP) is 4.96. The molecule has 2 heterocycles. The van der Waals surface area contributed by atoms with E-state index in [1.807, 2.05) is 17.4 Å². The zero-order chi connectivity index (χ0) is 18.0. The zero-order valence-corrected chi connectivity index (χ0v) is 16.7. The summed E-state index contributed by atoms with van der Waals surface area (Å²) in [6, 6.07) is 4.46. The van der Waals surface area contributed by atoms with Gasteiger partial charge < -0.3 is 0 Å². The second-order valence-corrected chi connectivity index (χ2v) is 9.60. The van der Waals surface area contributed by atoms with E-state index in [0.29, 0.717) is 17.7 Å². The van der Waals surface area contributed by atoms with Gasteiger partial charge in [-0.15, -0.1) is 28.1 Å². The van der Waals surface area contributed by atoms with Gasteiger partial charge in [0, 0.05) is 11.4 Å². The van der Waals surface area contributed by atoms with E-state index in [1.54, 1.807) is 0 Å². The first kappa shape index (κ1) is 18.2. The molecule has 0 N–H and O–H groups in total. The third kappa shape index (κ3) is 3.83. The molecule has 0 spiro atoms. The van der Waals surface area contributed by atoms with Crippen LogP contribution in [0.15, 0.2) is 23.9 Å². The molecular formula is C19H24N4S2. The highest BCUT2D eigenvalue weighted by Gasteiger charge is 2.30. The molecule has 3 rings (SSSR count). The average molecular weight is 373 g/mol. The molecule has 132 valence electrons. The highest BCUT2D eigenvalue weighted by molar-refractivity contribution is 7.99. The number of aromatic nitrogens is 3. The number of thiophene rings is 1. The molecule has 0 saturated carbocycles. The first-order valence-corrected chi connectivity index (χ1v) is 10.4. The quantitative estimate of drug-likeness (QED) is 0.550. The maximum atomic E-state index is 8.83. The highest BCUT2D eigenvalue weighted by Crippen LogP contribution is 2.42. The molecule has 1 aliphatic carbocycles. The number of nitrogens with zero attached hydrogens (tertiary/aromatic N) is 4. The van der Waals surface area contributed by atoms with E-state index in [-0.39, 0.29) is 0 Å². The standard InChI is InChI=1S/C19H24N4S2/c1-5-9-23-17(21-22-18(23)24-10-8-20)16-12-13-11-14(19(2,3)4)6-7-15(13)25-16/h5,12,14H,1,6-7,9-11H2,2-4H3/t14-/m0/s1. The molecule has 0 amide bonds. The maximum absolute atomic E-state index is 8.83. The first-order valence-electron chi connectivity index (χ1n) is 8.59. The van der Waals surface area contributed by atoms with Crippen molar-refractivity contribution in [2.75, 3.05) is 5.75 Å². The van der Waals surface area contributed by atoms with Crippen molar-refractivity contribution in [1.82, 2.24) is 14.8 Å². The molecule has 2 aromatic heterocycles. The van der Waals surface area contributed by atoms with Crippen molar-refractivity contribution < 1.29 is 0 Å². The Balaban J connectivity index is 1.91. The lowest BCUT2D eigenvalue weighted by atomic mass is 9.72. The largest absolute Gasteiger partial charge is 0.297 e. The Labute approximate surface area is 158 Å². The van der Waals surface area contributed by atoms with E-state index in [0.717, 1.165) is 29.7 Å². The summed E-state index contributed by atoms with van der Waals surface area (Å²) in [5.41, 5.74) is 1.83. The molecule has 1 atom stereocenters. The Morgan fingerprint density at radius 1 is 1.48 bits per heavy atom. The van der Waals surface area contributed by atoms with Crippen LogP contribution in [-0.2, 0) is 19.4 Å². The van der Waals surface area contributed by atoms with Gasteiger partial charge >= 0.3 is 0 Å². The van der Waals surface area contributed by atoms with Crippen LogP contribution in [0.2, 0.25) is 0 Å². The van der Waals surface area contributed by atoms with Gasteiger partial charge in [0.15, 0.2) is 11.0 Å². The maximum Gasteiger partial charge on any atom is 0.192 e. The van der Waals surface area contributed by atoms with Gasteiger partial charge in [-0.25, -0.2) is 0 Å². The monoisotopic (exact) mass is 372 g/mol. The number of fused-ring (bicyclic) bond motifs is 1. The van der Waals surface area contributed by atoms with Crippen LogP contribution in [0.3, 0.4) is 0 Å². The Bertz CT molecular complexity index is 804. The summed E-state index contributed by atoms with van der Waals surface area (Å²) in [5.74, 6) is 2.01. The van der Waals surface area contributed by atoms with Crippen molar-refractivity contribution >= 4 is 23.1 Å². The van der Waals surface area contributed by atoms with Gasteiger partial charge in [-0.1, -0.05) is 38.6 Å². The Kier molecular flexibility index (Phi) is 5.35. The Hall–Kier alpha value is -1.58. The number of hydrogen-bond donors (Lipinski definition) is 0. The van der Waals surface area contributed by atoms with Gasteiger partial charge in [0.25, 0.3) is 0 Å². The van der Waals surface area contributed by atoms with Crippen molar-refractivity contribution in [3.63, 3.8) is 0 Å². The smallest absolute Gasteiger partial charge is 0.192 e. The molecule has 0 fully saturated rings. The summed E-state index contributed by atoms with van der Waals surface area (Å²) in [7, 11) is 0. The number of thioether (sulfide) groups is 1. The topological polar surface area (TPSA) is 54.5 Å². The fourth-order valence-corrected chi connectivity index (χ4v) is 5.15. The highest BCUT2D eigenvalue weighted by atomic mass is 32.2. The minimum Gasteiger partial charge on any atom is -0.297 e. The molecule has 0 bridgehead atoms. The summed E-state index contributed by atoms with van der Waals surface area (Å²) >= 11 is 3.27. The molecule has 0 saturated heterocycles. The van der Waals surface area contributed by atoms with Gasteiger partial charge in [0.05, 0.1) is 16.7 Å². The van der Waals surface area contributed by atoms with E-state index < -0.39 is 0 Å². The molecule has 1 aliphatic rings. The molecule has 4 nitrogen and oxygen atoms in total. The van der Waals surface area contributed by atoms with Crippen LogP contribution in [0.4, 0.5) is 0 Å². The molecule has 6 heteroatoms. The van der Waals surface area contributed by atoms with E-state index in [2.05, 4.69) is 54.3 Å². The normalized spacial score (nSPS) is 17.1. The molecule has 0 radical (unpaired) electrons. The van der Waals surface area contributed by atoms with Crippen molar-refractivity contribution in [3.8, 4) is 16.8 Å². The molecule has 0 unspecified atom stereocenters. The molecule has 0 aliphatic heterocycles. The van der Waals surface area contributed by atoms with Crippen LogP contribution in [-0.4, -0.2) is 20.5 Å². The van der Waals surface area contributed by atoms with E-state index in [4.69, 9.17) is 5.26 Å². The van der Waals surface area contributed by atoms with Crippen molar-refractivity contribution in [1.29, 1.82) is 5.26 Å². The number of nitriles is 1. The van der Waals surface area contributed by atoms with Crippen LogP contribution in [0.5, 0.6) is 0 Å². The fourth-order valence-electron chi connectivity index (χ4n) is 3.34. The number of hydrogen-bond acceptors (Lipinski definition) is 5. The van der Waals surface area contributed by atoms with Gasteiger partial charge in [0.1, 0.15) is 0 Å². The second-order valence-electron chi connectivity index (χ2n) is 7.52. The summed E-state index contributed by atoms with van der Waals surface area (Å²) in [5, 5.41) is 18.3. The lowest BCUT2D eigenvalue weighted by Crippen LogP contribution is -2.26. The predicted molar refractivity (Wildman–Crippen MR) is 105 cm³/mol. The lowest BCUT2D eigenvalue weighted by molar-refractivity contribution is 0.217. The molecular weight excluding hydrogens is 348 g/mol. The van der Waals surface area contributed by atoms with E-state index in [1.165, 1.54) is 33.5 Å². The first-order chi connectivity index (χ1) is 11.9. The number of rotatable bonds is 5. The third-order valence-electron chi connectivity index (χ3n) is 4.82. The van der Waals surface area contributed by atoms with Gasteiger partial charge in [-0.2, -0.15) is 5.26 Å². The lowest BCUT2D eigenvalue weighted by Gasteiger charge is -2.33. The minimum atomic E-state index is 0.351. The summed E-state index contributed by atoms with van der Waals surface area (Å²) in [6.07, 6.45) is 5.43. The minimum absolute atomic E-state index is 0.351. The molecule has 25 heavy (non-hydrogen) atoms. The van der Waals surface area contributed by atoms with Crippen molar-refractivity contribution in [2.24, 2.45) is 11.3 Å². The third-order valence-corrected chi connectivity index (χ3v) is 6.89. The van der Waals surface area contributed by atoms with Crippen LogP contribution in [0.25, 0.3) is 10.7 Å². The van der Waals surface area contributed by atoms with Crippen LogP contribution in [0.1, 0.15) is 37.6 Å². The van der Waals surface area contributed by atoms with Crippen molar-refractivity contribution in [2.45, 2.75) is 51.7 Å².